The average Bonchev–Trinajstić information content (AvgIpc) is 3.08. The van der Waals surface area contributed by atoms with Gasteiger partial charge in [-0.1, -0.05) is 29.8 Å². The molecule has 0 saturated carbocycles. The molecule has 0 saturated heterocycles. The summed E-state index contributed by atoms with van der Waals surface area (Å²) in [5.41, 5.74) is 2.56. The van der Waals surface area contributed by atoms with Crippen molar-refractivity contribution in [3.63, 3.8) is 0 Å². The topological polar surface area (TPSA) is 86.8 Å². The number of thioether (sulfide) groups is 1. The van der Waals surface area contributed by atoms with Gasteiger partial charge in [0, 0.05) is 20.6 Å². The molecule has 3 rings (SSSR count). The number of anilines is 1. The number of hydrogen-bond acceptors (Lipinski definition) is 6. The molecule has 2 heterocycles. The zero-order valence-corrected chi connectivity index (χ0v) is 18.2. The maximum absolute atomic E-state index is 12.4. The van der Waals surface area contributed by atoms with Crippen molar-refractivity contribution in [3.05, 3.63) is 41.5 Å². The molecule has 150 valence electrons. The molecule has 28 heavy (non-hydrogen) atoms. The van der Waals surface area contributed by atoms with E-state index in [2.05, 4.69) is 5.32 Å². The smallest absolute Gasteiger partial charge is 0.252 e. The van der Waals surface area contributed by atoms with E-state index in [9.17, 15) is 18.0 Å². The predicted octanol–water partition coefficient (Wildman–Crippen LogP) is 2.06. The number of sulfonamides is 1. The molecular formula is C18H21N3O4S3. The first-order chi connectivity index (χ1) is 13.2. The summed E-state index contributed by atoms with van der Waals surface area (Å²) in [5.74, 6) is -0.328. The lowest BCUT2D eigenvalue weighted by molar-refractivity contribution is -0.123. The Bertz CT molecular complexity index is 1010. The average molecular weight is 440 g/mol. The fraction of sp³-hybridized carbons (Fsp3) is 0.333. The van der Waals surface area contributed by atoms with E-state index in [1.165, 1.54) is 36.8 Å². The number of amides is 2. The minimum atomic E-state index is -3.59. The van der Waals surface area contributed by atoms with E-state index in [1.807, 2.05) is 31.2 Å². The highest BCUT2D eigenvalue weighted by molar-refractivity contribution is 8.02. The molecule has 10 heteroatoms. The van der Waals surface area contributed by atoms with Crippen LogP contribution >= 0.6 is 23.1 Å². The predicted molar refractivity (Wildman–Crippen MR) is 111 cm³/mol. The summed E-state index contributed by atoms with van der Waals surface area (Å²) in [6.45, 7) is 2.21. The van der Waals surface area contributed by atoms with Crippen molar-refractivity contribution in [1.82, 2.24) is 9.62 Å². The summed E-state index contributed by atoms with van der Waals surface area (Å²) in [6, 6.07) is 9.29. The van der Waals surface area contributed by atoms with Crippen LogP contribution in [0.3, 0.4) is 0 Å². The molecule has 0 bridgehead atoms. The second kappa shape index (κ2) is 8.24. The van der Waals surface area contributed by atoms with E-state index in [0.717, 1.165) is 31.0 Å². The molecule has 7 nitrogen and oxygen atoms in total. The first-order valence-electron chi connectivity index (χ1n) is 8.50. The molecule has 0 unspecified atom stereocenters. The molecule has 1 aliphatic heterocycles. The summed E-state index contributed by atoms with van der Waals surface area (Å²) in [5, 5.41) is 2.82. The number of fused-ring (bicyclic) bond motifs is 1. The minimum absolute atomic E-state index is 0.142. The Labute approximate surface area is 172 Å². The Balaban J connectivity index is 1.75. The molecule has 1 N–H and O–H groups in total. The van der Waals surface area contributed by atoms with E-state index < -0.39 is 10.0 Å². The third-order valence-corrected chi connectivity index (χ3v) is 8.83. The van der Waals surface area contributed by atoms with Crippen LogP contribution in [0.4, 0.5) is 5.69 Å². The van der Waals surface area contributed by atoms with E-state index in [-0.39, 0.29) is 28.3 Å². The van der Waals surface area contributed by atoms with Gasteiger partial charge in [0.25, 0.3) is 10.0 Å². The zero-order valence-electron chi connectivity index (χ0n) is 15.8. The van der Waals surface area contributed by atoms with Crippen LogP contribution in [0.1, 0.15) is 11.1 Å². The van der Waals surface area contributed by atoms with Crippen LogP contribution in [0.2, 0.25) is 0 Å². The largest absolute Gasteiger partial charge is 0.350 e. The Morgan fingerprint density at radius 2 is 2.04 bits per heavy atom. The number of carbonyl (C=O) groups excluding carboxylic acids is 2. The maximum Gasteiger partial charge on any atom is 0.252 e. The summed E-state index contributed by atoms with van der Waals surface area (Å²) in [7, 11) is -0.668. The lowest BCUT2D eigenvalue weighted by Crippen LogP contribution is -2.42. The third-order valence-electron chi connectivity index (χ3n) is 4.18. The van der Waals surface area contributed by atoms with Gasteiger partial charge < -0.3 is 10.2 Å². The van der Waals surface area contributed by atoms with Crippen LogP contribution in [0.5, 0.6) is 0 Å². The van der Waals surface area contributed by atoms with E-state index in [1.54, 1.807) is 0 Å². The van der Waals surface area contributed by atoms with Gasteiger partial charge in [0.1, 0.15) is 10.8 Å². The Morgan fingerprint density at radius 3 is 2.71 bits per heavy atom. The van der Waals surface area contributed by atoms with Gasteiger partial charge >= 0.3 is 0 Å². The molecule has 0 aliphatic carbocycles. The van der Waals surface area contributed by atoms with Crippen LogP contribution in [-0.2, 0) is 26.2 Å². The van der Waals surface area contributed by atoms with Crippen LogP contribution in [0, 0.1) is 6.92 Å². The molecular weight excluding hydrogens is 418 g/mol. The molecule has 0 radical (unpaired) electrons. The van der Waals surface area contributed by atoms with Crippen molar-refractivity contribution in [3.8, 4) is 0 Å². The zero-order chi connectivity index (χ0) is 20.5. The van der Waals surface area contributed by atoms with E-state index >= 15 is 0 Å². The van der Waals surface area contributed by atoms with Gasteiger partial charge in [0.2, 0.25) is 11.8 Å². The van der Waals surface area contributed by atoms with Gasteiger partial charge in [-0.2, -0.15) is 0 Å². The number of thiophene rings is 1. The number of nitrogens with zero attached hydrogens (tertiary/aromatic N) is 2. The van der Waals surface area contributed by atoms with Crippen LogP contribution in [0.25, 0.3) is 0 Å². The SMILES string of the molecule is Cc1cccc(CNC(=O)CN2C(=O)CSc3sc(S(=O)(=O)N(C)C)cc32)c1. The number of carbonyl (C=O) groups is 2. The monoisotopic (exact) mass is 439 g/mol. The first-order valence-corrected chi connectivity index (χ1v) is 11.7. The Hall–Kier alpha value is -1.88. The number of benzene rings is 1. The Morgan fingerprint density at radius 1 is 1.29 bits per heavy atom. The highest BCUT2D eigenvalue weighted by Gasteiger charge is 2.32. The summed E-state index contributed by atoms with van der Waals surface area (Å²) in [6.07, 6.45) is 0. The van der Waals surface area contributed by atoms with Crippen molar-refractivity contribution < 1.29 is 18.0 Å². The standard InChI is InChI=1S/C18H21N3O4S3/c1-12-5-4-6-13(7-12)9-19-15(22)10-21-14-8-17(28(24,25)20(2)3)27-18(14)26-11-16(21)23/h4-8H,9-11H2,1-3H3,(H,19,22). The molecule has 2 amide bonds. The summed E-state index contributed by atoms with van der Waals surface area (Å²) >= 11 is 2.42. The van der Waals surface area contributed by atoms with Gasteiger partial charge in [0.15, 0.2) is 0 Å². The normalized spacial score (nSPS) is 14.3. The van der Waals surface area contributed by atoms with Gasteiger partial charge in [0.05, 0.1) is 15.6 Å². The minimum Gasteiger partial charge on any atom is -0.350 e. The third kappa shape index (κ3) is 4.40. The molecule has 1 aliphatic rings. The van der Waals surface area contributed by atoms with Gasteiger partial charge in [-0.05, 0) is 18.6 Å². The highest BCUT2D eigenvalue weighted by Crippen LogP contribution is 2.43. The van der Waals surface area contributed by atoms with Gasteiger partial charge in [-0.25, -0.2) is 12.7 Å². The number of hydrogen-bond donors (Lipinski definition) is 1. The molecule has 1 aromatic heterocycles. The lowest BCUT2D eigenvalue weighted by Gasteiger charge is -2.25. The van der Waals surface area contributed by atoms with E-state index in [4.69, 9.17) is 0 Å². The number of aryl methyl sites for hydroxylation is 1. The second-order valence-corrected chi connectivity index (χ2v) is 11.2. The second-order valence-electron chi connectivity index (χ2n) is 6.56. The number of nitrogens with one attached hydrogen (secondary N) is 1. The van der Waals surface area contributed by atoms with Crippen LogP contribution in [-0.4, -0.2) is 50.9 Å². The summed E-state index contributed by atoms with van der Waals surface area (Å²) < 4.78 is 26.8. The van der Waals surface area contributed by atoms with Crippen molar-refractivity contribution in [2.75, 3.05) is 31.3 Å². The molecule has 0 spiro atoms. The van der Waals surface area contributed by atoms with Crippen LogP contribution < -0.4 is 10.2 Å². The quantitative estimate of drug-likeness (QED) is 0.745. The van der Waals surface area contributed by atoms with Gasteiger partial charge in [-0.3, -0.25) is 9.59 Å². The van der Waals surface area contributed by atoms with Crippen molar-refractivity contribution in [2.24, 2.45) is 0 Å². The summed E-state index contributed by atoms with van der Waals surface area (Å²) in [4.78, 5) is 26.1. The van der Waals surface area contributed by atoms with Gasteiger partial charge in [-0.15, -0.1) is 23.1 Å². The van der Waals surface area contributed by atoms with E-state index in [0.29, 0.717) is 12.2 Å². The molecule has 1 aromatic carbocycles. The van der Waals surface area contributed by atoms with Crippen molar-refractivity contribution in [2.45, 2.75) is 21.9 Å². The van der Waals surface area contributed by atoms with Crippen molar-refractivity contribution in [1.29, 1.82) is 0 Å². The maximum atomic E-state index is 12.4. The van der Waals surface area contributed by atoms with Crippen molar-refractivity contribution >= 4 is 50.6 Å². The molecule has 0 atom stereocenters. The fourth-order valence-corrected chi connectivity index (χ4v) is 6.61. The fourth-order valence-electron chi connectivity index (χ4n) is 2.68. The van der Waals surface area contributed by atoms with Crippen LogP contribution in [0.15, 0.2) is 38.8 Å². The molecule has 2 aromatic rings. The molecule has 0 fully saturated rings. The lowest BCUT2D eigenvalue weighted by atomic mass is 10.1. The number of rotatable bonds is 6. The Kier molecular flexibility index (Phi) is 6.13. The highest BCUT2D eigenvalue weighted by atomic mass is 32.3. The first kappa shape index (κ1) is 20.8.